The van der Waals surface area contributed by atoms with E-state index in [1.165, 1.54) is 0 Å². The Bertz CT molecular complexity index is 784. The van der Waals surface area contributed by atoms with Gasteiger partial charge in [0.2, 0.25) is 0 Å². The quantitative estimate of drug-likeness (QED) is 0.503. The van der Waals surface area contributed by atoms with Crippen molar-refractivity contribution in [2.45, 2.75) is 6.04 Å². The SMILES string of the molecule is NNC(c1cc(Br)ccc1Br)c1cccc2ccncc12. The van der Waals surface area contributed by atoms with E-state index < -0.39 is 0 Å². The number of pyridine rings is 1. The maximum atomic E-state index is 5.84. The van der Waals surface area contributed by atoms with Gasteiger partial charge in [-0.2, -0.15) is 0 Å². The summed E-state index contributed by atoms with van der Waals surface area (Å²) in [6.07, 6.45) is 3.67. The van der Waals surface area contributed by atoms with Crippen LogP contribution in [0, 0.1) is 0 Å². The highest BCUT2D eigenvalue weighted by molar-refractivity contribution is 9.11. The van der Waals surface area contributed by atoms with E-state index in [9.17, 15) is 0 Å². The lowest BCUT2D eigenvalue weighted by atomic mass is 9.95. The van der Waals surface area contributed by atoms with Gasteiger partial charge in [-0.3, -0.25) is 10.8 Å². The lowest BCUT2D eigenvalue weighted by molar-refractivity contribution is 0.638. The van der Waals surface area contributed by atoms with Crippen molar-refractivity contribution in [3.63, 3.8) is 0 Å². The molecule has 0 amide bonds. The number of rotatable bonds is 3. The second-order valence-electron chi connectivity index (χ2n) is 4.71. The van der Waals surface area contributed by atoms with Gasteiger partial charge >= 0.3 is 0 Å². The van der Waals surface area contributed by atoms with E-state index in [0.717, 1.165) is 30.8 Å². The maximum absolute atomic E-state index is 5.84. The Morgan fingerprint density at radius 2 is 1.90 bits per heavy atom. The molecule has 1 heterocycles. The number of hydrogen-bond donors (Lipinski definition) is 2. The van der Waals surface area contributed by atoms with Gasteiger partial charge in [-0.1, -0.05) is 50.1 Å². The Hall–Kier alpha value is -1.27. The summed E-state index contributed by atoms with van der Waals surface area (Å²) in [6.45, 7) is 0. The number of nitrogens with zero attached hydrogens (tertiary/aromatic N) is 1. The smallest absolute Gasteiger partial charge is 0.0727 e. The highest BCUT2D eigenvalue weighted by Crippen LogP contribution is 2.33. The Morgan fingerprint density at radius 3 is 2.71 bits per heavy atom. The standard InChI is InChI=1S/C16H13Br2N3/c17-11-4-5-15(18)13(8-11)16(21-19)12-3-1-2-10-6-7-20-9-14(10)12/h1-9,16,21H,19H2. The molecule has 5 heteroatoms. The molecule has 0 aliphatic rings. The van der Waals surface area contributed by atoms with Gasteiger partial charge < -0.3 is 0 Å². The summed E-state index contributed by atoms with van der Waals surface area (Å²) in [4.78, 5) is 4.23. The van der Waals surface area contributed by atoms with Gasteiger partial charge in [-0.15, -0.1) is 0 Å². The molecule has 1 atom stereocenters. The number of aromatic nitrogens is 1. The van der Waals surface area contributed by atoms with Crippen molar-refractivity contribution in [3.05, 3.63) is 74.9 Å². The largest absolute Gasteiger partial charge is 0.271 e. The molecule has 0 spiro atoms. The molecule has 106 valence electrons. The van der Waals surface area contributed by atoms with Crippen LogP contribution in [0.4, 0.5) is 0 Å². The van der Waals surface area contributed by atoms with E-state index in [1.54, 1.807) is 6.20 Å². The summed E-state index contributed by atoms with van der Waals surface area (Å²) in [5, 5.41) is 2.24. The molecule has 2 aromatic carbocycles. The number of nitrogens with two attached hydrogens (primary N) is 1. The van der Waals surface area contributed by atoms with Crippen molar-refractivity contribution in [1.82, 2.24) is 10.4 Å². The average molecular weight is 407 g/mol. The number of nitrogens with one attached hydrogen (secondary N) is 1. The predicted octanol–water partition coefficient (Wildman–Crippen LogP) is 4.31. The minimum atomic E-state index is -0.121. The van der Waals surface area contributed by atoms with Gasteiger partial charge in [-0.25, -0.2) is 5.43 Å². The zero-order valence-corrected chi connectivity index (χ0v) is 14.2. The number of fused-ring (bicyclic) bond motifs is 1. The Kier molecular flexibility index (Phi) is 4.35. The zero-order valence-electron chi connectivity index (χ0n) is 11.1. The second-order valence-corrected chi connectivity index (χ2v) is 6.48. The minimum Gasteiger partial charge on any atom is -0.271 e. The van der Waals surface area contributed by atoms with Crippen molar-refractivity contribution in [3.8, 4) is 0 Å². The molecule has 1 unspecified atom stereocenters. The normalized spacial score (nSPS) is 12.5. The summed E-state index contributed by atoms with van der Waals surface area (Å²) in [5.74, 6) is 5.84. The first-order valence-electron chi connectivity index (χ1n) is 6.44. The predicted molar refractivity (Wildman–Crippen MR) is 92.8 cm³/mol. The van der Waals surface area contributed by atoms with Crippen LogP contribution in [0.25, 0.3) is 10.8 Å². The van der Waals surface area contributed by atoms with Gasteiger partial charge in [0, 0.05) is 26.7 Å². The van der Waals surface area contributed by atoms with E-state index in [1.807, 2.05) is 30.5 Å². The van der Waals surface area contributed by atoms with Crippen LogP contribution in [0.3, 0.4) is 0 Å². The third-order valence-electron chi connectivity index (χ3n) is 3.46. The first-order valence-corrected chi connectivity index (χ1v) is 8.03. The van der Waals surface area contributed by atoms with Gasteiger partial charge in [0.05, 0.1) is 6.04 Å². The van der Waals surface area contributed by atoms with Crippen molar-refractivity contribution in [2.24, 2.45) is 5.84 Å². The second kappa shape index (κ2) is 6.23. The van der Waals surface area contributed by atoms with E-state index in [2.05, 4.69) is 60.5 Å². The number of hydrogen-bond acceptors (Lipinski definition) is 3. The molecule has 1 aromatic heterocycles. The van der Waals surface area contributed by atoms with Gasteiger partial charge in [0.25, 0.3) is 0 Å². The molecule has 3 aromatic rings. The monoisotopic (exact) mass is 405 g/mol. The topological polar surface area (TPSA) is 50.9 Å². The molecule has 3 rings (SSSR count). The summed E-state index contributed by atoms with van der Waals surface area (Å²) >= 11 is 7.12. The highest BCUT2D eigenvalue weighted by Gasteiger charge is 2.18. The molecule has 0 saturated heterocycles. The van der Waals surface area contributed by atoms with Crippen molar-refractivity contribution in [1.29, 1.82) is 0 Å². The fourth-order valence-corrected chi connectivity index (χ4v) is 3.33. The summed E-state index contributed by atoms with van der Waals surface area (Å²) < 4.78 is 2.02. The molecule has 3 N–H and O–H groups in total. The molecule has 0 fully saturated rings. The Morgan fingerprint density at radius 1 is 1.05 bits per heavy atom. The van der Waals surface area contributed by atoms with Crippen LogP contribution < -0.4 is 11.3 Å². The highest BCUT2D eigenvalue weighted by atomic mass is 79.9. The average Bonchev–Trinajstić information content (AvgIpc) is 2.51. The molecule has 0 aliphatic carbocycles. The Balaban J connectivity index is 2.21. The van der Waals surface area contributed by atoms with E-state index in [-0.39, 0.29) is 6.04 Å². The molecule has 3 nitrogen and oxygen atoms in total. The van der Waals surface area contributed by atoms with Crippen LogP contribution in [-0.4, -0.2) is 4.98 Å². The summed E-state index contributed by atoms with van der Waals surface area (Å²) in [6, 6.07) is 14.1. The first kappa shape index (κ1) is 14.7. The van der Waals surface area contributed by atoms with Crippen molar-refractivity contribution >= 4 is 42.6 Å². The van der Waals surface area contributed by atoms with Crippen molar-refractivity contribution in [2.75, 3.05) is 0 Å². The van der Waals surface area contributed by atoms with Crippen LogP contribution >= 0.6 is 31.9 Å². The van der Waals surface area contributed by atoms with Crippen LogP contribution in [0.5, 0.6) is 0 Å². The minimum absolute atomic E-state index is 0.121. The number of benzene rings is 2. The van der Waals surface area contributed by atoms with E-state index in [4.69, 9.17) is 5.84 Å². The van der Waals surface area contributed by atoms with E-state index in [0.29, 0.717) is 0 Å². The zero-order chi connectivity index (χ0) is 14.8. The van der Waals surface area contributed by atoms with Crippen LogP contribution in [0.2, 0.25) is 0 Å². The molecular formula is C16H13Br2N3. The third kappa shape index (κ3) is 2.87. The third-order valence-corrected chi connectivity index (χ3v) is 4.68. The van der Waals surface area contributed by atoms with Crippen LogP contribution in [0.15, 0.2) is 63.8 Å². The number of halogens is 2. The van der Waals surface area contributed by atoms with Crippen LogP contribution in [-0.2, 0) is 0 Å². The molecule has 0 aliphatic heterocycles. The Labute approximate surface area is 139 Å². The fraction of sp³-hybridized carbons (Fsp3) is 0.0625. The fourth-order valence-electron chi connectivity index (χ4n) is 2.47. The lowest BCUT2D eigenvalue weighted by Gasteiger charge is -2.20. The van der Waals surface area contributed by atoms with Crippen LogP contribution in [0.1, 0.15) is 17.2 Å². The summed E-state index contributed by atoms with van der Waals surface area (Å²) in [5.41, 5.74) is 5.09. The molecule has 0 saturated carbocycles. The van der Waals surface area contributed by atoms with E-state index >= 15 is 0 Å². The molecule has 21 heavy (non-hydrogen) atoms. The van der Waals surface area contributed by atoms with Gasteiger partial charge in [0.1, 0.15) is 0 Å². The molecule has 0 radical (unpaired) electrons. The van der Waals surface area contributed by atoms with Crippen molar-refractivity contribution < 1.29 is 0 Å². The lowest BCUT2D eigenvalue weighted by Crippen LogP contribution is -2.29. The summed E-state index contributed by atoms with van der Waals surface area (Å²) in [7, 11) is 0. The molecule has 0 bridgehead atoms. The van der Waals surface area contributed by atoms with Gasteiger partial charge in [0.15, 0.2) is 0 Å². The first-order chi connectivity index (χ1) is 10.2. The number of hydrazine groups is 1. The maximum Gasteiger partial charge on any atom is 0.0727 e. The molecular weight excluding hydrogens is 394 g/mol. The van der Waals surface area contributed by atoms with Gasteiger partial charge in [-0.05, 0) is 40.8 Å².